The van der Waals surface area contributed by atoms with Gasteiger partial charge in [-0.1, -0.05) is 18.2 Å². The maximum absolute atomic E-state index is 12.6. The Balaban J connectivity index is 1.48. The lowest BCUT2D eigenvalue weighted by Crippen LogP contribution is -2.54. The standard InChI is InChI=1S/C19H20N4O2/c1-22-16-9-4-10-20-17(16)18(24)23(19(22)25)11-5-6-13-12-21-15-8-3-2-7-14(13)15/h2-4,7-10,12,19,21,25H,5-6,11H2,1H3. The van der Waals surface area contributed by atoms with Crippen LogP contribution in [0, 0.1) is 0 Å². The molecule has 3 aromatic rings. The van der Waals surface area contributed by atoms with Crippen LogP contribution < -0.4 is 4.90 Å². The summed E-state index contributed by atoms with van der Waals surface area (Å²) in [5.74, 6) is -0.222. The van der Waals surface area contributed by atoms with Gasteiger partial charge in [0.2, 0.25) is 6.35 Å². The molecule has 1 atom stereocenters. The minimum atomic E-state index is -0.966. The molecule has 6 nitrogen and oxygen atoms in total. The molecule has 1 unspecified atom stereocenters. The third kappa shape index (κ3) is 2.64. The number of anilines is 1. The fourth-order valence-electron chi connectivity index (χ4n) is 3.42. The number of aryl methyl sites for hydroxylation is 1. The predicted molar refractivity (Wildman–Crippen MR) is 96.3 cm³/mol. The number of para-hydroxylation sites is 1. The topological polar surface area (TPSA) is 72.5 Å². The lowest BCUT2D eigenvalue weighted by molar-refractivity contribution is 0.00330. The number of hydrogen-bond donors (Lipinski definition) is 2. The van der Waals surface area contributed by atoms with E-state index in [1.807, 2.05) is 24.4 Å². The van der Waals surface area contributed by atoms with Crippen LogP contribution in [-0.2, 0) is 6.42 Å². The monoisotopic (exact) mass is 336 g/mol. The van der Waals surface area contributed by atoms with Gasteiger partial charge in [-0.3, -0.25) is 9.69 Å². The second kappa shape index (κ2) is 6.22. The average molecular weight is 336 g/mol. The molecule has 1 aromatic carbocycles. The van der Waals surface area contributed by atoms with Crippen molar-refractivity contribution < 1.29 is 9.90 Å². The van der Waals surface area contributed by atoms with Crippen LogP contribution in [0.4, 0.5) is 5.69 Å². The molecule has 128 valence electrons. The van der Waals surface area contributed by atoms with Gasteiger partial charge in [0, 0.05) is 36.9 Å². The zero-order chi connectivity index (χ0) is 17.4. The number of aliphatic hydroxyl groups is 1. The predicted octanol–water partition coefficient (Wildman–Crippen LogP) is 2.36. The van der Waals surface area contributed by atoms with Crippen molar-refractivity contribution in [2.24, 2.45) is 0 Å². The van der Waals surface area contributed by atoms with Crippen LogP contribution in [0.5, 0.6) is 0 Å². The Kier molecular flexibility index (Phi) is 3.89. The molecule has 0 radical (unpaired) electrons. The van der Waals surface area contributed by atoms with E-state index in [4.69, 9.17) is 0 Å². The molecular formula is C19H20N4O2. The molecule has 0 bridgehead atoms. The number of pyridine rings is 1. The summed E-state index contributed by atoms with van der Waals surface area (Å²) in [4.78, 5) is 23.3. The number of aromatic amines is 1. The van der Waals surface area contributed by atoms with E-state index in [-0.39, 0.29) is 5.91 Å². The van der Waals surface area contributed by atoms with Crippen molar-refractivity contribution in [1.29, 1.82) is 0 Å². The highest BCUT2D eigenvalue weighted by atomic mass is 16.3. The molecule has 2 aromatic heterocycles. The van der Waals surface area contributed by atoms with E-state index in [9.17, 15) is 9.90 Å². The Morgan fingerprint density at radius 2 is 2.08 bits per heavy atom. The molecule has 4 rings (SSSR count). The minimum absolute atomic E-state index is 0.222. The number of amides is 1. The van der Waals surface area contributed by atoms with Gasteiger partial charge in [0.1, 0.15) is 0 Å². The first-order valence-corrected chi connectivity index (χ1v) is 8.38. The van der Waals surface area contributed by atoms with E-state index < -0.39 is 6.35 Å². The zero-order valence-corrected chi connectivity index (χ0v) is 14.0. The van der Waals surface area contributed by atoms with Crippen LogP contribution in [0.2, 0.25) is 0 Å². The van der Waals surface area contributed by atoms with Crippen LogP contribution >= 0.6 is 0 Å². The van der Waals surface area contributed by atoms with Crippen molar-refractivity contribution >= 4 is 22.5 Å². The Hall–Kier alpha value is -2.86. The minimum Gasteiger partial charge on any atom is -0.361 e. The number of aromatic nitrogens is 2. The molecule has 25 heavy (non-hydrogen) atoms. The van der Waals surface area contributed by atoms with Gasteiger partial charge in [0.05, 0.1) is 5.69 Å². The molecule has 0 spiro atoms. The fraction of sp³-hybridized carbons (Fsp3) is 0.263. The van der Waals surface area contributed by atoms with Crippen molar-refractivity contribution in [3.8, 4) is 0 Å². The average Bonchev–Trinajstić information content (AvgIpc) is 3.06. The van der Waals surface area contributed by atoms with E-state index in [2.05, 4.69) is 16.0 Å². The van der Waals surface area contributed by atoms with E-state index >= 15 is 0 Å². The summed E-state index contributed by atoms with van der Waals surface area (Å²) in [6, 6.07) is 11.7. The van der Waals surface area contributed by atoms with Crippen molar-refractivity contribution in [3.05, 3.63) is 60.0 Å². The maximum Gasteiger partial charge on any atom is 0.278 e. The molecule has 1 amide bonds. The highest BCUT2D eigenvalue weighted by Crippen LogP contribution is 2.27. The molecule has 0 fully saturated rings. The molecular weight excluding hydrogens is 316 g/mol. The molecule has 3 heterocycles. The van der Waals surface area contributed by atoms with Gasteiger partial charge >= 0.3 is 0 Å². The number of nitrogens with one attached hydrogen (secondary N) is 1. The number of carbonyl (C=O) groups is 1. The lowest BCUT2D eigenvalue weighted by Gasteiger charge is -2.39. The van der Waals surface area contributed by atoms with E-state index in [0.29, 0.717) is 17.9 Å². The van der Waals surface area contributed by atoms with Gasteiger partial charge in [-0.15, -0.1) is 0 Å². The number of H-pyrrole nitrogens is 1. The normalized spacial score (nSPS) is 17.2. The molecule has 0 saturated heterocycles. The first kappa shape index (κ1) is 15.7. The SMILES string of the molecule is CN1c2cccnc2C(=O)N(CCCc2c[nH]c3ccccc23)C1O. The second-order valence-corrected chi connectivity index (χ2v) is 6.29. The number of fused-ring (bicyclic) bond motifs is 2. The van der Waals surface area contributed by atoms with Gasteiger partial charge in [-0.25, -0.2) is 4.98 Å². The van der Waals surface area contributed by atoms with Gasteiger partial charge < -0.3 is 15.0 Å². The Labute approximate surface area is 145 Å². The fourth-order valence-corrected chi connectivity index (χ4v) is 3.42. The lowest BCUT2D eigenvalue weighted by atomic mass is 10.1. The molecule has 2 N–H and O–H groups in total. The Bertz CT molecular complexity index is 920. The summed E-state index contributed by atoms with van der Waals surface area (Å²) in [6.45, 7) is 0.472. The highest BCUT2D eigenvalue weighted by Gasteiger charge is 2.35. The van der Waals surface area contributed by atoms with Gasteiger partial charge in [-0.2, -0.15) is 0 Å². The van der Waals surface area contributed by atoms with Crippen molar-refractivity contribution in [3.63, 3.8) is 0 Å². The van der Waals surface area contributed by atoms with Crippen molar-refractivity contribution in [2.45, 2.75) is 19.2 Å². The van der Waals surface area contributed by atoms with Crippen LogP contribution in [-0.4, -0.2) is 45.8 Å². The Morgan fingerprint density at radius 3 is 2.96 bits per heavy atom. The van der Waals surface area contributed by atoms with E-state index in [0.717, 1.165) is 18.4 Å². The molecule has 0 aliphatic carbocycles. The molecule has 0 saturated carbocycles. The second-order valence-electron chi connectivity index (χ2n) is 6.29. The number of benzene rings is 1. The largest absolute Gasteiger partial charge is 0.361 e. The smallest absolute Gasteiger partial charge is 0.278 e. The van der Waals surface area contributed by atoms with Crippen LogP contribution in [0.1, 0.15) is 22.5 Å². The molecule has 1 aliphatic heterocycles. The number of aliphatic hydroxyl groups excluding tert-OH is 1. The zero-order valence-electron chi connectivity index (χ0n) is 14.0. The van der Waals surface area contributed by atoms with Gasteiger partial charge in [0.15, 0.2) is 5.69 Å². The van der Waals surface area contributed by atoms with Crippen molar-refractivity contribution in [1.82, 2.24) is 14.9 Å². The van der Waals surface area contributed by atoms with Gasteiger partial charge in [0.25, 0.3) is 5.91 Å². The van der Waals surface area contributed by atoms with Crippen LogP contribution in [0.25, 0.3) is 10.9 Å². The first-order valence-electron chi connectivity index (χ1n) is 8.38. The first-order chi connectivity index (χ1) is 12.2. The number of hydrogen-bond acceptors (Lipinski definition) is 4. The van der Waals surface area contributed by atoms with E-state index in [1.165, 1.54) is 15.8 Å². The summed E-state index contributed by atoms with van der Waals surface area (Å²) in [5, 5.41) is 11.7. The third-order valence-corrected chi connectivity index (χ3v) is 4.78. The summed E-state index contributed by atoms with van der Waals surface area (Å²) in [5.41, 5.74) is 3.39. The number of carbonyl (C=O) groups excluding carboxylic acids is 1. The summed E-state index contributed by atoms with van der Waals surface area (Å²) in [7, 11) is 1.77. The third-order valence-electron chi connectivity index (χ3n) is 4.78. The summed E-state index contributed by atoms with van der Waals surface area (Å²) >= 11 is 0. The molecule has 6 heteroatoms. The van der Waals surface area contributed by atoms with Gasteiger partial charge in [-0.05, 0) is 36.6 Å². The quantitative estimate of drug-likeness (QED) is 0.767. The maximum atomic E-state index is 12.6. The van der Waals surface area contributed by atoms with Crippen LogP contribution in [0.15, 0.2) is 48.8 Å². The Morgan fingerprint density at radius 1 is 1.24 bits per heavy atom. The number of nitrogens with zero attached hydrogens (tertiary/aromatic N) is 3. The van der Waals surface area contributed by atoms with Crippen LogP contribution in [0.3, 0.4) is 0 Å². The van der Waals surface area contributed by atoms with Crippen molar-refractivity contribution in [2.75, 3.05) is 18.5 Å². The number of rotatable bonds is 4. The molecule has 1 aliphatic rings. The summed E-state index contributed by atoms with van der Waals surface area (Å²) in [6.07, 6.45) is 4.25. The van der Waals surface area contributed by atoms with E-state index in [1.54, 1.807) is 30.3 Å². The summed E-state index contributed by atoms with van der Waals surface area (Å²) < 4.78 is 0. The highest BCUT2D eigenvalue weighted by molar-refractivity contribution is 5.99.